The molecule has 0 aliphatic carbocycles. The summed E-state index contributed by atoms with van der Waals surface area (Å²) < 4.78 is 11.9. The molecule has 0 bridgehead atoms. The van der Waals surface area contributed by atoms with Gasteiger partial charge in [-0.25, -0.2) is 9.97 Å². The predicted molar refractivity (Wildman–Crippen MR) is 130 cm³/mol. The van der Waals surface area contributed by atoms with E-state index in [-0.39, 0.29) is 0 Å². The first-order chi connectivity index (χ1) is 16.5. The number of ether oxygens (including phenoxy) is 1. The molecule has 2 aromatic carbocycles. The van der Waals surface area contributed by atoms with Gasteiger partial charge in [0.2, 0.25) is 5.88 Å². The van der Waals surface area contributed by atoms with Gasteiger partial charge < -0.3 is 19.5 Å². The zero-order valence-electron chi connectivity index (χ0n) is 18.2. The van der Waals surface area contributed by atoms with Gasteiger partial charge in [0.1, 0.15) is 23.2 Å². The molecule has 4 aromatic heterocycles. The average Bonchev–Trinajstić information content (AvgIpc) is 3.51. The van der Waals surface area contributed by atoms with Gasteiger partial charge in [-0.1, -0.05) is 11.6 Å². The van der Waals surface area contributed by atoms with Crippen molar-refractivity contribution in [3.05, 3.63) is 71.3 Å². The minimum absolute atomic E-state index is 0.375. The first kappa shape index (κ1) is 20.3. The highest BCUT2D eigenvalue weighted by molar-refractivity contribution is 6.30. The van der Waals surface area contributed by atoms with Crippen LogP contribution in [0.3, 0.4) is 0 Å². The number of halogens is 1. The van der Waals surface area contributed by atoms with E-state index < -0.39 is 0 Å². The highest BCUT2D eigenvalue weighted by Gasteiger charge is 2.16. The number of nitrogens with zero attached hydrogens (tertiary/aromatic N) is 4. The monoisotopic (exact) mass is 471 g/mol. The zero-order chi connectivity index (χ0) is 23.2. The average molecular weight is 472 g/mol. The van der Waals surface area contributed by atoms with Gasteiger partial charge in [-0.15, -0.1) is 0 Å². The molecule has 0 unspecified atom stereocenters. The quantitative estimate of drug-likeness (QED) is 0.270. The molecular formula is C24H18ClN7O2. The molecule has 0 fully saturated rings. The number of aromatic nitrogens is 6. The Bertz CT molecular complexity index is 1630. The van der Waals surface area contributed by atoms with Gasteiger partial charge in [0, 0.05) is 28.0 Å². The first-order valence-electron chi connectivity index (χ1n) is 10.5. The van der Waals surface area contributed by atoms with E-state index in [0.29, 0.717) is 39.4 Å². The Morgan fingerprint density at radius 2 is 1.88 bits per heavy atom. The van der Waals surface area contributed by atoms with Gasteiger partial charge >= 0.3 is 0 Å². The summed E-state index contributed by atoms with van der Waals surface area (Å²) in [5.74, 6) is 1.02. The summed E-state index contributed by atoms with van der Waals surface area (Å²) >= 11 is 5.94. The number of fused-ring (bicyclic) bond motifs is 2. The lowest BCUT2D eigenvalue weighted by atomic mass is 10.1. The molecule has 0 aliphatic heterocycles. The van der Waals surface area contributed by atoms with Crippen LogP contribution in [0.2, 0.25) is 5.02 Å². The van der Waals surface area contributed by atoms with Crippen LogP contribution >= 0.6 is 11.6 Å². The third-order valence-corrected chi connectivity index (χ3v) is 5.71. The Hall–Kier alpha value is -4.37. The lowest BCUT2D eigenvalue weighted by Gasteiger charge is -2.04. The van der Waals surface area contributed by atoms with E-state index in [4.69, 9.17) is 20.8 Å². The second-order valence-electron chi connectivity index (χ2n) is 7.82. The second kappa shape index (κ2) is 7.89. The van der Waals surface area contributed by atoms with Gasteiger partial charge in [0.15, 0.2) is 5.58 Å². The summed E-state index contributed by atoms with van der Waals surface area (Å²) in [6.07, 6.45) is 1.47. The molecule has 0 amide bonds. The fourth-order valence-corrected chi connectivity index (χ4v) is 4.00. The Morgan fingerprint density at radius 3 is 2.68 bits per heavy atom. The third kappa shape index (κ3) is 3.61. The maximum atomic E-state index is 6.12. The van der Waals surface area contributed by atoms with Crippen molar-refractivity contribution in [1.29, 1.82) is 0 Å². The van der Waals surface area contributed by atoms with E-state index in [1.165, 1.54) is 6.33 Å². The van der Waals surface area contributed by atoms with Crippen LogP contribution in [0.4, 0.5) is 11.7 Å². The highest BCUT2D eigenvalue weighted by Crippen LogP contribution is 2.34. The molecule has 0 saturated carbocycles. The summed E-state index contributed by atoms with van der Waals surface area (Å²) in [5, 5.41) is 11.8. The predicted octanol–water partition coefficient (Wildman–Crippen LogP) is 6.30. The number of hydrogen-bond acceptors (Lipinski definition) is 7. The fourth-order valence-electron chi connectivity index (χ4n) is 3.87. The fraction of sp³-hybridized carbons (Fsp3) is 0.0833. The first-order valence-corrected chi connectivity index (χ1v) is 10.9. The van der Waals surface area contributed by atoms with E-state index in [1.54, 1.807) is 18.2 Å². The molecule has 0 saturated heterocycles. The van der Waals surface area contributed by atoms with E-state index in [9.17, 15) is 0 Å². The Morgan fingerprint density at radius 1 is 1.03 bits per heavy atom. The molecule has 0 spiro atoms. The van der Waals surface area contributed by atoms with Crippen LogP contribution in [0.5, 0.6) is 11.6 Å². The molecule has 0 aliphatic rings. The van der Waals surface area contributed by atoms with Crippen molar-refractivity contribution in [2.24, 2.45) is 0 Å². The molecular weight excluding hydrogens is 454 g/mol. The van der Waals surface area contributed by atoms with Gasteiger partial charge in [0.25, 0.3) is 6.01 Å². The third-order valence-electron chi connectivity index (χ3n) is 5.46. The van der Waals surface area contributed by atoms with Crippen LogP contribution in [-0.2, 0) is 0 Å². The highest BCUT2D eigenvalue weighted by atomic mass is 35.5. The van der Waals surface area contributed by atoms with E-state index in [0.717, 1.165) is 33.7 Å². The maximum absolute atomic E-state index is 6.12. The van der Waals surface area contributed by atoms with Crippen molar-refractivity contribution in [3.63, 3.8) is 0 Å². The summed E-state index contributed by atoms with van der Waals surface area (Å²) in [4.78, 5) is 16.5. The number of H-pyrrole nitrogens is 2. The minimum atomic E-state index is 0.375. The van der Waals surface area contributed by atoms with Crippen molar-refractivity contribution in [1.82, 2.24) is 30.1 Å². The summed E-state index contributed by atoms with van der Waals surface area (Å²) in [6.45, 7) is 3.93. The number of anilines is 2. The van der Waals surface area contributed by atoms with Crippen molar-refractivity contribution in [2.75, 3.05) is 5.32 Å². The lowest BCUT2D eigenvalue weighted by Crippen LogP contribution is -1.90. The maximum Gasteiger partial charge on any atom is 0.300 e. The van der Waals surface area contributed by atoms with Gasteiger partial charge in [0.05, 0.1) is 16.8 Å². The Kier molecular flexibility index (Phi) is 4.70. The van der Waals surface area contributed by atoms with Crippen molar-refractivity contribution in [2.45, 2.75) is 13.8 Å². The van der Waals surface area contributed by atoms with Crippen molar-refractivity contribution in [3.8, 4) is 22.9 Å². The van der Waals surface area contributed by atoms with Crippen LogP contribution in [-0.4, -0.2) is 30.1 Å². The smallest absolute Gasteiger partial charge is 0.300 e. The molecule has 3 N–H and O–H groups in total. The Balaban J connectivity index is 1.30. The molecule has 4 heterocycles. The number of aromatic amines is 2. The molecule has 6 rings (SSSR count). The zero-order valence-corrected chi connectivity index (χ0v) is 18.9. The van der Waals surface area contributed by atoms with Gasteiger partial charge in [-0.2, -0.15) is 10.1 Å². The standard InChI is InChI=1S/C24H18ClN7O2/c1-12-21(13(2)32-31-12)19-10-17-22(29-19)26-11-27-23(17)33-16-7-8-20-18(9-16)30-24(34-20)28-15-5-3-14(25)4-6-15/h3-11H,1-2H3,(H,28,30)(H,31,32)(H,26,27,29). The summed E-state index contributed by atoms with van der Waals surface area (Å²) in [6, 6.07) is 15.1. The summed E-state index contributed by atoms with van der Waals surface area (Å²) in [5.41, 5.74) is 6.56. The number of oxazole rings is 1. The Labute approximate surface area is 198 Å². The summed E-state index contributed by atoms with van der Waals surface area (Å²) in [7, 11) is 0. The van der Waals surface area contributed by atoms with Crippen LogP contribution in [0.15, 0.2) is 59.3 Å². The number of hydrogen-bond donors (Lipinski definition) is 3. The SMILES string of the molecule is Cc1n[nH]c(C)c1-c1cc2c(Oc3ccc4oc(Nc5ccc(Cl)cc5)nc4c3)ncnc2[nH]1. The largest absolute Gasteiger partial charge is 0.438 e. The number of nitrogens with one attached hydrogen (secondary N) is 3. The lowest BCUT2D eigenvalue weighted by molar-refractivity contribution is 0.468. The van der Waals surface area contributed by atoms with Crippen LogP contribution < -0.4 is 10.1 Å². The molecule has 0 atom stereocenters. The molecule has 0 radical (unpaired) electrons. The number of benzene rings is 2. The van der Waals surface area contributed by atoms with E-state index >= 15 is 0 Å². The topological polar surface area (TPSA) is 118 Å². The molecule has 10 heteroatoms. The van der Waals surface area contributed by atoms with Gasteiger partial charge in [-0.3, -0.25) is 5.10 Å². The van der Waals surface area contributed by atoms with Gasteiger partial charge in [-0.05, 0) is 56.3 Å². The van der Waals surface area contributed by atoms with Crippen LogP contribution in [0.25, 0.3) is 33.4 Å². The molecule has 34 heavy (non-hydrogen) atoms. The van der Waals surface area contributed by atoms with E-state index in [2.05, 4.69) is 35.5 Å². The minimum Gasteiger partial charge on any atom is -0.438 e. The molecule has 6 aromatic rings. The van der Waals surface area contributed by atoms with Crippen LogP contribution in [0.1, 0.15) is 11.4 Å². The molecule has 9 nitrogen and oxygen atoms in total. The molecule has 168 valence electrons. The number of aryl methyl sites for hydroxylation is 2. The van der Waals surface area contributed by atoms with Crippen molar-refractivity contribution >= 4 is 45.4 Å². The normalized spacial score (nSPS) is 11.4. The second-order valence-corrected chi connectivity index (χ2v) is 8.25. The number of rotatable bonds is 5. The van der Waals surface area contributed by atoms with E-state index in [1.807, 2.05) is 44.2 Å². The van der Waals surface area contributed by atoms with Crippen molar-refractivity contribution < 1.29 is 9.15 Å². The van der Waals surface area contributed by atoms with Crippen LogP contribution in [0, 0.1) is 13.8 Å².